The highest BCUT2D eigenvalue weighted by atomic mass is 16.1. The number of carbonyl (C=O) groups excluding carboxylic acids is 1. The molecule has 2 aliphatic heterocycles. The van der Waals surface area contributed by atoms with E-state index in [4.69, 9.17) is 4.98 Å². The predicted octanol–water partition coefficient (Wildman–Crippen LogP) is 2.87. The summed E-state index contributed by atoms with van der Waals surface area (Å²) in [7, 11) is 0. The Balaban J connectivity index is 1.34. The molecular formula is C22H33N5O. The van der Waals surface area contributed by atoms with Crippen LogP contribution in [0.2, 0.25) is 0 Å². The number of fused-ring (bicyclic) bond motifs is 1. The minimum Gasteiger partial charge on any atom is -0.354 e. The smallest absolute Gasteiger partial charge is 0.223 e. The van der Waals surface area contributed by atoms with Crippen LogP contribution in [0.15, 0.2) is 24.3 Å². The summed E-state index contributed by atoms with van der Waals surface area (Å²) < 4.78 is 2.29. The molecular weight excluding hydrogens is 350 g/mol. The van der Waals surface area contributed by atoms with Gasteiger partial charge in [0.2, 0.25) is 11.9 Å². The second-order valence-electron chi connectivity index (χ2n) is 8.08. The zero-order valence-electron chi connectivity index (χ0n) is 17.2. The van der Waals surface area contributed by atoms with Crippen molar-refractivity contribution in [2.24, 2.45) is 5.92 Å². The molecule has 152 valence electrons. The van der Waals surface area contributed by atoms with Crippen molar-refractivity contribution in [3.05, 3.63) is 24.3 Å². The SMILES string of the molecule is CCN1CCCC1CNC(=O)C1CCN(c2nc3ccccc3n2CC)CC1. The van der Waals surface area contributed by atoms with Crippen molar-refractivity contribution >= 4 is 22.9 Å². The zero-order chi connectivity index (χ0) is 19.5. The highest BCUT2D eigenvalue weighted by molar-refractivity contribution is 5.80. The van der Waals surface area contributed by atoms with Crippen LogP contribution in [0.25, 0.3) is 11.0 Å². The lowest BCUT2D eigenvalue weighted by Crippen LogP contribution is -2.45. The number of piperidine rings is 1. The lowest BCUT2D eigenvalue weighted by atomic mass is 9.96. The van der Waals surface area contributed by atoms with Crippen LogP contribution in [-0.4, -0.2) is 59.1 Å². The van der Waals surface area contributed by atoms with E-state index in [1.165, 1.54) is 24.9 Å². The number of likely N-dealkylation sites (tertiary alicyclic amines) is 1. The van der Waals surface area contributed by atoms with Crippen molar-refractivity contribution in [2.45, 2.75) is 52.1 Å². The van der Waals surface area contributed by atoms with Crippen LogP contribution in [0.1, 0.15) is 39.5 Å². The van der Waals surface area contributed by atoms with Gasteiger partial charge in [-0.05, 0) is 57.8 Å². The largest absolute Gasteiger partial charge is 0.354 e. The van der Waals surface area contributed by atoms with Crippen molar-refractivity contribution in [3.63, 3.8) is 0 Å². The van der Waals surface area contributed by atoms with Crippen molar-refractivity contribution in [1.82, 2.24) is 19.8 Å². The van der Waals surface area contributed by atoms with Gasteiger partial charge in [0.15, 0.2) is 0 Å². The topological polar surface area (TPSA) is 53.4 Å². The molecule has 1 amide bonds. The first kappa shape index (κ1) is 19.2. The fourth-order valence-electron chi connectivity index (χ4n) is 4.86. The van der Waals surface area contributed by atoms with Gasteiger partial charge in [-0.25, -0.2) is 4.98 Å². The minimum atomic E-state index is 0.132. The molecule has 0 aliphatic carbocycles. The third-order valence-corrected chi connectivity index (χ3v) is 6.52. The van der Waals surface area contributed by atoms with E-state index in [0.29, 0.717) is 6.04 Å². The summed E-state index contributed by atoms with van der Waals surface area (Å²) in [6, 6.07) is 8.85. The highest BCUT2D eigenvalue weighted by Crippen LogP contribution is 2.27. The number of imidazole rings is 1. The van der Waals surface area contributed by atoms with Gasteiger partial charge in [0.05, 0.1) is 11.0 Å². The molecule has 1 atom stereocenters. The fraction of sp³-hybridized carbons (Fsp3) is 0.636. The van der Waals surface area contributed by atoms with E-state index in [9.17, 15) is 4.79 Å². The van der Waals surface area contributed by atoms with Crippen LogP contribution in [-0.2, 0) is 11.3 Å². The standard InChI is InChI=1S/C22H33N5O/c1-3-25-13-7-8-18(25)16-23-21(28)17-11-14-26(15-12-17)22-24-19-9-5-6-10-20(19)27(22)4-2/h5-6,9-10,17-18H,3-4,7-8,11-16H2,1-2H3,(H,23,28). The molecule has 6 heteroatoms. The quantitative estimate of drug-likeness (QED) is 0.833. The monoisotopic (exact) mass is 383 g/mol. The van der Waals surface area contributed by atoms with Crippen molar-refractivity contribution in [2.75, 3.05) is 37.6 Å². The molecule has 2 aromatic rings. The van der Waals surface area contributed by atoms with Gasteiger partial charge in [-0.15, -0.1) is 0 Å². The molecule has 1 aromatic heterocycles. The Morgan fingerprint density at radius 3 is 2.64 bits per heavy atom. The molecule has 1 unspecified atom stereocenters. The number of anilines is 1. The number of nitrogens with zero attached hydrogens (tertiary/aromatic N) is 4. The summed E-state index contributed by atoms with van der Waals surface area (Å²) in [6.07, 6.45) is 4.27. The van der Waals surface area contributed by atoms with Gasteiger partial charge in [-0.2, -0.15) is 0 Å². The maximum atomic E-state index is 12.7. The van der Waals surface area contributed by atoms with E-state index in [1.54, 1.807) is 0 Å². The molecule has 2 saturated heterocycles. The number of hydrogen-bond donors (Lipinski definition) is 1. The van der Waals surface area contributed by atoms with Crippen molar-refractivity contribution in [3.8, 4) is 0 Å². The van der Waals surface area contributed by atoms with Crippen LogP contribution in [0.5, 0.6) is 0 Å². The number of rotatable bonds is 6. The molecule has 3 heterocycles. The lowest BCUT2D eigenvalue weighted by molar-refractivity contribution is -0.125. The minimum absolute atomic E-state index is 0.132. The van der Waals surface area contributed by atoms with E-state index in [2.05, 4.69) is 51.7 Å². The van der Waals surface area contributed by atoms with Crippen molar-refractivity contribution < 1.29 is 4.79 Å². The molecule has 4 rings (SSSR count). The fourth-order valence-corrected chi connectivity index (χ4v) is 4.86. The molecule has 2 aliphatic rings. The summed E-state index contributed by atoms with van der Waals surface area (Å²) in [6.45, 7) is 10.1. The Hall–Kier alpha value is -2.08. The second-order valence-corrected chi connectivity index (χ2v) is 8.08. The maximum Gasteiger partial charge on any atom is 0.223 e. The van der Waals surface area contributed by atoms with E-state index in [0.717, 1.165) is 57.0 Å². The van der Waals surface area contributed by atoms with Gasteiger partial charge in [-0.1, -0.05) is 19.1 Å². The normalized spacial score (nSPS) is 21.5. The van der Waals surface area contributed by atoms with E-state index in [1.807, 2.05) is 6.07 Å². The van der Waals surface area contributed by atoms with Crippen LogP contribution < -0.4 is 10.2 Å². The Morgan fingerprint density at radius 2 is 1.89 bits per heavy atom. The number of carbonyl (C=O) groups is 1. The van der Waals surface area contributed by atoms with Gasteiger partial charge in [0.25, 0.3) is 0 Å². The zero-order valence-corrected chi connectivity index (χ0v) is 17.2. The summed E-state index contributed by atoms with van der Waals surface area (Å²) in [5.74, 6) is 1.42. The van der Waals surface area contributed by atoms with E-state index >= 15 is 0 Å². The average Bonchev–Trinajstić information content (AvgIpc) is 3.35. The number of nitrogens with one attached hydrogen (secondary N) is 1. The van der Waals surface area contributed by atoms with Gasteiger partial charge >= 0.3 is 0 Å². The summed E-state index contributed by atoms with van der Waals surface area (Å²) in [5.41, 5.74) is 2.24. The Kier molecular flexibility index (Phi) is 5.85. The first-order chi connectivity index (χ1) is 13.7. The van der Waals surface area contributed by atoms with Crippen molar-refractivity contribution in [1.29, 1.82) is 0 Å². The van der Waals surface area contributed by atoms with Gasteiger partial charge in [0, 0.05) is 38.1 Å². The molecule has 0 saturated carbocycles. The lowest BCUT2D eigenvalue weighted by Gasteiger charge is -2.32. The molecule has 0 bridgehead atoms. The first-order valence-electron chi connectivity index (χ1n) is 10.9. The third kappa shape index (κ3) is 3.75. The van der Waals surface area contributed by atoms with Gasteiger partial charge in [-0.3, -0.25) is 9.69 Å². The number of hydrogen-bond acceptors (Lipinski definition) is 4. The second kappa shape index (κ2) is 8.52. The molecule has 28 heavy (non-hydrogen) atoms. The summed E-state index contributed by atoms with van der Waals surface area (Å²) in [5, 5.41) is 3.24. The molecule has 1 aromatic carbocycles. The van der Waals surface area contributed by atoms with Gasteiger partial charge in [0.1, 0.15) is 0 Å². The Bertz CT molecular complexity index is 808. The third-order valence-electron chi connectivity index (χ3n) is 6.52. The molecule has 0 spiro atoms. The predicted molar refractivity (Wildman–Crippen MR) is 114 cm³/mol. The Morgan fingerprint density at radius 1 is 1.11 bits per heavy atom. The van der Waals surface area contributed by atoms with E-state index < -0.39 is 0 Å². The number of benzene rings is 1. The number of likely N-dealkylation sites (N-methyl/N-ethyl adjacent to an activating group) is 1. The average molecular weight is 384 g/mol. The van der Waals surface area contributed by atoms with Crippen LogP contribution >= 0.6 is 0 Å². The first-order valence-corrected chi connectivity index (χ1v) is 10.9. The van der Waals surface area contributed by atoms with Crippen LogP contribution in [0.4, 0.5) is 5.95 Å². The number of aromatic nitrogens is 2. The molecule has 2 fully saturated rings. The summed E-state index contributed by atoms with van der Waals surface area (Å²) in [4.78, 5) is 22.4. The van der Waals surface area contributed by atoms with Crippen LogP contribution in [0.3, 0.4) is 0 Å². The molecule has 0 radical (unpaired) electrons. The van der Waals surface area contributed by atoms with Gasteiger partial charge < -0.3 is 14.8 Å². The number of aryl methyl sites for hydroxylation is 1. The number of amides is 1. The number of para-hydroxylation sites is 2. The molecule has 1 N–H and O–H groups in total. The Labute approximate surface area is 167 Å². The highest BCUT2D eigenvalue weighted by Gasteiger charge is 2.29. The summed E-state index contributed by atoms with van der Waals surface area (Å²) >= 11 is 0. The molecule has 6 nitrogen and oxygen atoms in total. The van der Waals surface area contributed by atoms with Crippen LogP contribution in [0, 0.1) is 5.92 Å². The maximum absolute atomic E-state index is 12.7. The van der Waals surface area contributed by atoms with E-state index in [-0.39, 0.29) is 11.8 Å².